The molecule has 3 amide bonds. The third-order valence-electron chi connectivity index (χ3n) is 4.98. The third kappa shape index (κ3) is 4.49. The van der Waals surface area contributed by atoms with E-state index in [0.29, 0.717) is 5.56 Å². The molecule has 2 fully saturated rings. The molecule has 4 nitrogen and oxygen atoms in total. The summed E-state index contributed by atoms with van der Waals surface area (Å²) in [5, 5.41) is 2.27. The number of alkyl halides is 3. The normalized spacial score (nSPS) is 17.8. The van der Waals surface area contributed by atoms with E-state index in [1.807, 2.05) is 0 Å². The van der Waals surface area contributed by atoms with Gasteiger partial charge >= 0.3 is 81.1 Å². The summed E-state index contributed by atoms with van der Waals surface area (Å²) < 4.78 is 68.9. The van der Waals surface area contributed by atoms with Crippen molar-refractivity contribution in [3.8, 4) is 11.1 Å². The van der Waals surface area contributed by atoms with Gasteiger partial charge in [-0.15, -0.1) is 0 Å². The predicted octanol–water partition coefficient (Wildman–Crippen LogP) is 1.77. The van der Waals surface area contributed by atoms with Crippen LogP contribution >= 0.6 is 0 Å². The van der Waals surface area contributed by atoms with E-state index in [2.05, 4.69) is 5.32 Å². The van der Waals surface area contributed by atoms with E-state index < -0.39 is 46.9 Å². The first kappa shape index (κ1) is 25.3. The molecule has 4 rings (SSSR count). The molecular formula is C20H16CsF5N2O2. The van der Waals surface area contributed by atoms with E-state index in [0.717, 1.165) is 24.3 Å². The molecule has 1 aliphatic carbocycles. The fourth-order valence-corrected chi connectivity index (χ4v) is 3.37. The van der Waals surface area contributed by atoms with Crippen molar-refractivity contribution in [3.63, 3.8) is 0 Å². The largest absolute Gasteiger partial charge is 1.00 e. The van der Waals surface area contributed by atoms with Crippen LogP contribution in [-0.2, 0) is 4.79 Å². The molecule has 1 atom stereocenters. The zero-order valence-electron chi connectivity index (χ0n) is 16.2. The van der Waals surface area contributed by atoms with E-state index >= 15 is 0 Å². The molecule has 1 N–H and O–H groups in total. The molecule has 1 unspecified atom stereocenters. The van der Waals surface area contributed by atoms with Crippen molar-refractivity contribution >= 4 is 11.9 Å². The molecule has 2 aliphatic rings. The molecule has 10 heteroatoms. The van der Waals surface area contributed by atoms with Gasteiger partial charge in [0.2, 0.25) is 0 Å². The third-order valence-corrected chi connectivity index (χ3v) is 4.98. The van der Waals surface area contributed by atoms with Crippen molar-refractivity contribution in [1.82, 2.24) is 10.2 Å². The molecule has 30 heavy (non-hydrogen) atoms. The van der Waals surface area contributed by atoms with Crippen molar-refractivity contribution in [1.29, 1.82) is 0 Å². The Bertz CT molecular complexity index is 974. The molecule has 1 aliphatic heterocycles. The second kappa shape index (κ2) is 8.91. The fourth-order valence-electron chi connectivity index (χ4n) is 3.37. The van der Waals surface area contributed by atoms with Gasteiger partial charge in [0.1, 0.15) is 17.2 Å². The molecule has 0 radical (unpaired) electrons. The molecule has 2 aromatic rings. The SMILES string of the molecule is O=C1NC2(CC2)C(=O)N1C(c1ccc(-c2ccc(F)cc2)cc1F)C(F)(F)F.[CH3-].[Cs+]. The zero-order valence-corrected chi connectivity index (χ0v) is 22.5. The maximum Gasteiger partial charge on any atom is 1.00 e. The van der Waals surface area contributed by atoms with Crippen LogP contribution in [0.15, 0.2) is 42.5 Å². The summed E-state index contributed by atoms with van der Waals surface area (Å²) in [4.78, 5) is 24.5. The summed E-state index contributed by atoms with van der Waals surface area (Å²) in [5.41, 5.74) is -1.48. The molecule has 1 saturated heterocycles. The first-order valence-electron chi connectivity index (χ1n) is 8.40. The van der Waals surface area contributed by atoms with Crippen LogP contribution in [-0.4, -0.2) is 28.6 Å². The van der Waals surface area contributed by atoms with E-state index in [1.54, 1.807) is 0 Å². The zero-order chi connectivity index (χ0) is 20.3. The van der Waals surface area contributed by atoms with Gasteiger partial charge in [-0.2, -0.15) is 13.2 Å². The van der Waals surface area contributed by atoms with Crippen LogP contribution in [0, 0.1) is 19.1 Å². The summed E-state index contributed by atoms with van der Waals surface area (Å²) in [6, 6.07) is 4.07. The van der Waals surface area contributed by atoms with E-state index in [-0.39, 0.29) is 99.6 Å². The standard InChI is InChI=1S/C19H13F5N2O2.CH3.Cs/c20-12-4-1-10(2-5-12)11-3-6-13(14(21)9-11)15(19(22,23)24)26-16(27)18(7-8-18)25-17(26)28;;/h1-6,9,15H,7-8H2,(H,25,28);1H3;/q;-1;+1. The van der Waals surface area contributed by atoms with Gasteiger partial charge in [0.15, 0.2) is 6.04 Å². The number of carbonyl (C=O) groups excluding carboxylic acids is 2. The van der Waals surface area contributed by atoms with Crippen LogP contribution in [0.2, 0.25) is 0 Å². The Morgan fingerprint density at radius 1 is 0.967 bits per heavy atom. The predicted molar refractivity (Wildman–Crippen MR) is 94.3 cm³/mol. The molecule has 1 saturated carbocycles. The van der Waals surface area contributed by atoms with Crippen molar-refractivity contribution < 1.29 is 100 Å². The Kier molecular flexibility index (Phi) is 7.53. The average Bonchev–Trinajstić information content (AvgIpc) is 3.35. The Balaban J connectivity index is 0.00000160. The van der Waals surface area contributed by atoms with E-state index in [1.165, 1.54) is 18.2 Å². The number of hydrogen-bond donors (Lipinski definition) is 1. The topological polar surface area (TPSA) is 49.4 Å². The van der Waals surface area contributed by atoms with Gasteiger partial charge < -0.3 is 12.7 Å². The van der Waals surface area contributed by atoms with Gasteiger partial charge in [0.05, 0.1) is 0 Å². The molecular weight excluding hydrogens is 528 g/mol. The maximum atomic E-state index is 14.7. The van der Waals surface area contributed by atoms with Crippen LogP contribution in [0.1, 0.15) is 24.4 Å². The Morgan fingerprint density at radius 3 is 2.00 bits per heavy atom. The van der Waals surface area contributed by atoms with Crippen molar-refractivity contribution in [2.45, 2.75) is 30.6 Å². The minimum Gasteiger partial charge on any atom is -0.358 e. The second-order valence-corrected chi connectivity index (χ2v) is 6.87. The number of hydrogen-bond acceptors (Lipinski definition) is 2. The molecule has 0 aromatic heterocycles. The van der Waals surface area contributed by atoms with Crippen molar-refractivity contribution in [3.05, 3.63) is 67.1 Å². The summed E-state index contributed by atoms with van der Waals surface area (Å²) >= 11 is 0. The minimum absolute atomic E-state index is 0. The van der Waals surface area contributed by atoms with Gasteiger partial charge in [-0.3, -0.25) is 4.79 Å². The van der Waals surface area contributed by atoms with Crippen LogP contribution in [0.25, 0.3) is 11.1 Å². The first-order valence-corrected chi connectivity index (χ1v) is 8.40. The monoisotopic (exact) mass is 544 g/mol. The van der Waals surface area contributed by atoms with Gasteiger partial charge in [-0.1, -0.05) is 24.3 Å². The summed E-state index contributed by atoms with van der Waals surface area (Å²) in [6.07, 6.45) is -4.55. The maximum absolute atomic E-state index is 14.7. The van der Waals surface area contributed by atoms with Gasteiger partial charge in [-0.05, 0) is 42.2 Å². The fraction of sp³-hybridized carbons (Fsp3) is 0.250. The molecule has 0 bridgehead atoms. The van der Waals surface area contributed by atoms with Gasteiger partial charge in [0, 0.05) is 5.56 Å². The molecule has 2 aromatic carbocycles. The van der Waals surface area contributed by atoms with Gasteiger partial charge in [0.25, 0.3) is 5.91 Å². The Hall–Kier alpha value is -0.918. The van der Waals surface area contributed by atoms with Crippen molar-refractivity contribution in [2.75, 3.05) is 0 Å². The number of imide groups is 1. The number of amides is 3. The van der Waals surface area contributed by atoms with Crippen LogP contribution in [0.3, 0.4) is 0 Å². The molecule has 154 valence electrons. The number of carbonyl (C=O) groups is 2. The van der Waals surface area contributed by atoms with E-state index in [4.69, 9.17) is 0 Å². The Morgan fingerprint density at radius 2 is 1.53 bits per heavy atom. The number of urea groups is 1. The van der Waals surface area contributed by atoms with E-state index in [9.17, 15) is 31.5 Å². The smallest absolute Gasteiger partial charge is 0.358 e. The van der Waals surface area contributed by atoms with Gasteiger partial charge in [-0.25, -0.2) is 18.5 Å². The van der Waals surface area contributed by atoms with Crippen LogP contribution in [0.5, 0.6) is 0 Å². The van der Waals surface area contributed by atoms with Crippen LogP contribution < -0.4 is 74.2 Å². The van der Waals surface area contributed by atoms with Crippen molar-refractivity contribution in [2.24, 2.45) is 0 Å². The second-order valence-electron chi connectivity index (χ2n) is 6.87. The Labute approximate surface area is 228 Å². The minimum atomic E-state index is -5.06. The molecule has 1 spiro atoms. The quantitative estimate of drug-likeness (QED) is 0.364. The number of nitrogens with zero attached hydrogens (tertiary/aromatic N) is 1. The van der Waals surface area contributed by atoms with Crippen LogP contribution in [0.4, 0.5) is 26.7 Å². The summed E-state index contributed by atoms with van der Waals surface area (Å²) in [5.74, 6) is -2.73. The summed E-state index contributed by atoms with van der Waals surface area (Å²) in [6.45, 7) is 0. The number of nitrogens with one attached hydrogen (secondary N) is 1. The number of benzene rings is 2. The average molecular weight is 544 g/mol. The first-order chi connectivity index (χ1) is 13.1. The number of halogens is 5. The summed E-state index contributed by atoms with van der Waals surface area (Å²) in [7, 11) is 0. The molecule has 1 heterocycles. The number of rotatable bonds is 3.